The number of rotatable bonds is 4. The van der Waals surface area contributed by atoms with Crippen LogP contribution in [0.3, 0.4) is 0 Å². The van der Waals surface area contributed by atoms with E-state index in [9.17, 15) is 14.0 Å². The molecule has 1 aromatic carbocycles. The number of carboxylic acids is 1. The van der Waals surface area contributed by atoms with Gasteiger partial charge in [-0.3, -0.25) is 4.79 Å². The van der Waals surface area contributed by atoms with Crippen molar-refractivity contribution in [2.24, 2.45) is 0 Å². The predicted octanol–water partition coefficient (Wildman–Crippen LogP) is 1.24. The lowest BCUT2D eigenvalue weighted by atomic mass is 10.0. The molecule has 0 bridgehead atoms. The first-order chi connectivity index (χ1) is 7.06. The highest BCUT2D eigenvalue weighted by Crippen LogP contribution is 2.13. The Morgan fingerprint density at radius 2 is 2.13 bits per heavy atom. The highest BCUT2D eigenvalue weighted by Gasteiger charge is 2.18. The van der Waals surface area contributed by atoms with E-state index in [4.69, 9.17) is 9.84 Å². The number of hydrogen-bond acceptors (Lipinski definition) is 3. The summed E-state index contributed by atoms with van der Waals surface area (Å²) in [6.45, 7) is -0.00782. The molecule has 0 aliphatic rings. The summed E-state index contributed by atoms with van der Waals surface area (Å²) < 4.78 is 17.6. The molecule has 0 aliphatic carbocycles. The maximum absolute atomic E-state index is 12.8. The third-order valence-corrected chi connectivity index (χ3v) is 1.81. The van der Waals surface area contributed by atoms with Crippen molar-refractivity contribution >= 4 is 11.8 Å². The van der Waals surface area contributed by atoms with Crippen LogP contribution in [0.5, 0.6) is 0 Å². The highest BCUT2D eigenvalue weighted by molar-refractivity contribution is 6.40. The molecule has 0 heterocycles. The van der Waals surface area contributed by atoms with Crippen LogP contribution in [0.1, 0.15) is 15.9 Å². The van der Waals surface area contributed by atoms with E-state index in [2.05, 4.69) is 0 Å². The molecule has 5 heteroatoms. The second kappa shape index (κ2) is 4.65. The van der Waals surface area contributed by atoms with Crippen LogP contribution in [0.15, 0.2) is 18.2 Å². The van der Waals surface area contributed by atoms with E-state index in [1.165, 1.54) is 7.11 Å². The number of ether oxygens (including phenoxy) is 1. The molecule has 0 aliphatic heterocycles. The largest absolute Gasteiger partial charge is 0.475 e. The summed E-state index contributed by atoms with van der Waals surface area (Å²) in [5, 5.41) is 8.51. The fourth-order valence-electron chi connectivity index (χ4n) is 1.17. The summed E-state index contributed by atoms with van der Waals surface area (Å²) >= 11 is 0. The van der Waals surface area contributed by atoms with Crippen molar-refractivity contribution in [3.05, 3.63) is 35.1 Å². The van der Waals surface area contributed by atoms with Crippen LogP contribution in [-0.2, 0) is 16.1 Å². The predicted molar refractivity (Wildman–Crippen MR) is 49.1 cm³/mol. The zero-order chi connectivity index (χ0) is 11.4. The molecule has 1 aromatic rings. The van der Waals surface area contributed by atoms with Crippen molar-refractivity contribution in [1.82, 2.24) is 0 Å². The molecule has 0 aromatic heterocycles. The molecule has 0 saturated heterocycles. The minimum absolute atomic E-state index is 0.00782. The molecule has 4 nitrogen and oxygen atoms in total. The van der Waals surface area contributed by atoms with Gasteiger partial charge in [-0.05, 0) is 23.8 Å². The number of carbonyl (C=O) groups is 2. The monoisotopic (exact) mass is 212 g/mol. The molecule has 0 spiro atoms. The van der Waals surface area contributed by atoms with Crippen molar-refractivity contribution < 1.29 is 23.8 Å². The van der Waals surface area contributed by atoms with Crippen LogP contribution in [-0.4, -0.2) is 24.0 Å². The van der Waals surface area contributed by atoms with Gasteiger partial charge in [0.1, 0.15) is 5.82 Å². The van der Waals surface area contributed by atoms with Crippen LogP contribution in [0, 0.1) is 5.82 Å². The summed E-state index contributed by atoms with van der Waals surface area (Å²) in [5.41, 5.74) is 0.177. The number of aliphatic carboxylic acids is 1. The number of carboxylic acid groups (broad SMARTS) is 1. The van der Waals surface area contributed by atoms with Gasteiger partial charge in [0, 0.05) is 12.7 Å². The van der Waals surface area contributed by atoms with Crippen LogP contribution in [0.4, 0.5) is 4.39 Å². The smallest absolute Gasteiger partial charge is 0.377 e. The number of ketones is 1. The zero-order valence-corrected chi connectivity index (χ0v) is 7.99. The minimum Gasteiger partial charge on any atom is -0.475 e. The van der Waals surface area contributed by atoms with Crippen molar-refractivity contribution in [3.8, 4) is 0 Å². The molecule has 0 radical (unpaired) electrons. The minimum atomic E-state index is -1.57. The van der Waals surface area contributed by atoms with Crippen molar-refractivity contribution in [2.45, 2.75) is 6.61 Å². The number of Topliss-reactive ketones (excluding diaryl/α,β-unsaturated/α-hetero) is 1. The van der Waals surface area contributed by atoms with Gasteiger partial charge < -0.3 is 9.84 Å². The number of carbonyl (C=O) groups excluding carboxylic acids is 1. The van der Waals surface area contributed by atoms with E-state index in [-0.39, 0.29) is 17.7 Å². The van der Waals surface area contributed by atoms with Gasteiger partial charge in [-0.2, -0.15) is 0 Å². The normalized spacial score (nSPS) is 10.0. The zero-order valence-electron chi connectivity index (χ0n) is 7.99. The van der Waals surface area contributed by atoms with Gasteiger partial charge in [-0.25, -0.2) is 9.18 Å². The maximum Gasteiger partial charge on any atom is 0.377 e. The Bertz CT molecular complexity index is 400. The fraction of sp³-hybridized carbons (Fsp3) is 0.200. The van der Waals surface area contributed by atoms with Crippen LogP contribution < -0.4 is 0 Å². The Balaban J connectivity index is 3.16. The van der Waals surface area contributed by atoms with E-state index in [0.717, 1.165) is 18.2 Å². The quantitative estimate of drug-likeness (QED) is 0.602. The van der Waals surface area contributed by atoms with Gasteiger partial charge >= 0.3 is 5.97 Å². The van der Waals surface area contributed by atoms with Gasteiger partial charge in [-0.15, -0.1) is 0 Å². The van der Waals surface area contributed by atoms with Gasteiger partial charge in [0.2, 0.25) is 0 Å². The summed E-state index contributed by atoms with van der Waals surface area (Å²) in [4.78, 5) is 21.6. The average molecular weight is 212 g/mol. The van der Waals surface area contributed by atoms with Gasteiger partial charge in [0.05, 0.1) is 6.61 Å². The lowest BCUT2D eigenvalue weighted by molar-refractivity contribution is -0.131. The summed E-state index contributed by atoms with van der Waals surface area (Å²) in [6.07, 6.45) is 0. The fourth-order valence-corrected chi connectivity index (χ4v) is 1.17. The highest BCUT2D eigenvalue weighted by atomic mass is 19.1. The standard InChI is InChI=1S/C10H9FO4/c1-15-5-6-4-7(11)2-3-8(6)9(12)10(13)14/h2-4H,5H2,1H3,(H,13,14). The third kappa shape index (κ3) is 2.60. The van der Waals surface area contributed by atoms with Gasteiger partial charge in [-0.1, -0.05) is 0 Å². The molecule has 1 N–H and O–H groups in total. The van der Waals surface area contributed by atoms with Crippen LogP contribution in [0.25, 0.3) is 0 Å². The lowest BCUT2D eigenvalue weighted by Crippen LogP contribution is -2.15. The van der Waals surface area contributed by atoms with Crippen molar-refractivity contribution in [1.29, 1.82) is 0 Å². The number of methoxy groups -OCH3 is 1. The van der Waals surface area contributed by atoms with Crippen LogP contribution >= 0.6 is 0 Å². The first kappa shape index (κ1) is 11.3. The SMILES string of the molecule is COCc1cc(F)ccc1C(=O)C(=O)O. The number of benzene rings is 1. The van der Waals surface area contributed by atoms with Gasteiger partial charge in [0.15, 0.2) is 0 Å². The topological polar surface area (TPSA) is 63.6 Å². The van der Waals surface area contributed by atoms with Gasteiger partial charge in [0.25, 0.3) is 5.78 Å². The number of hydrogen-bond donors (Lipinski definition) is 1. The Hall–Kier alpha value is -1.75. The molecule has 0 amide bonds. The maximum atomic E-state index is 12.8. The first-order valence-corrected chi connectivity index (χ1v) is 4.11. The molecular weight excluding hydrogens is 203 g/mol. The lowest BCUT2D eigenvalue weighted by Gasteiger charge is -2.05. The second-order valence-electron chi connectivity index (χ2n) is 2.87. The molecule has 15 heavy (non-hydrogen) atoms. The van der Waals surface area contributed by atoms with Crippen molar-refractivity contribution in [3.63, 3.8) is 0 Å². The Morgan fingerprint density at radius 3 is 2.67 bits per heavy atom. The molecule has 80 valence electrons. The van der Waals surface area contributed by atoms with E-state index < -0.39 is 17.6 Å². The molecule has 0 atom stereocenters. The van der Waals surface area contributed by atoms with E-state index in [1.54, 1.807) is 0 Å². The van der Waals surface area contributed by atoms with Crippen LogP contribution in [0.2, 0.25) is 0 Å². The Morgan fingerprint density at radius 1 is 1.47 bits per heavy atom. The summed E-state index contributed by atoms with van der Waals surface area (Å²) in [5.74, 6) is -3.18. The molecule has 0 saturated carbocycles. The molecule has 0 unspecified atom stereocenters. The first-order valence-electron chi connectivity index (χ1n) is 4.11. The Labute approximate surface area is 85.3 Å². The molecule has 0 fully saturated rings. The van der Waals surface area contributed by atoms with E-state index in [1.807, 2.05) is 0 Å². The van der Waals surface area contributed by atoms with E-state index >= 15 is 0 Å². The van der Waals surface area contributed by atoms with Crippen molar-refractivity contribution in [2.75, 3.05) is 7.11 Å². The molecule has 1 rings (SSSR count). The third-order valence-electron chi connectivity index (χ3n) is 1.81. The summed E-state index contributed by atoms with van der Waals surface area (Å²) in [6, 6.07) is 3.26. The average Bonchev–Trinajstić information content (AvgIpc) is 2.17. The molecular formula is C10H9FO4. The summed E-state index contributed by atoms with van der Waals surface area (Å²) in [7, 11) is 1.37. The van der Waals surface area contributed by atoms with E-state index in [0.29, 0.717) is 0 Å². The Kier molecular flexibility index (Phi) is 3.51. The second-order valence-corrected chi connectivity index (χ2v) is 2.87. The number of halogens is 1.